The quantitative estimate of drug-likeness (QED) is 0.849. The van der Waals surface area contributed by atoms with Gasteiger partial charge in [0.2, 0.25) is 0 Å². The van der Waals surface area contributed by atoms with Crippen LogP contribution >= 0.6 is 11.3 Å². The molecule has 0 atom stereocenters. The largest absolute Gasteiger partial charge is 0.395 e. The van der Waals surface area contributed by atoms with Gasteiger partial charge in [-0.15, -0.1) is 11.3 Å². The average molecular weight is 304 g/mol. The van der Waals surface area contributed by atoms with Crippen LogP contribution in [0.5, 0.6) is 0 Å². The molecule has 1 heterocycles. The van der Waals surface area contributed by atoms with E-state index in [0.29, 0.717) is 17.7 Å². The summed E-state index contributed by atoms with van der Waals surface area (Å²) in [5.41, 5.74) is 2.31. The van der Waals surface area contributed by atoms with Gasteiger partial charge in [-0.25, -0.2) is 4.39 Å². The molecule has 108 valence electrons. The number of aliphatic hydroxyl groups is 1. The predicted octanol–water partition coefficient (Wildman–Crippen LogP) is 1.95. The molecule has 2 N–H and O–H groups in total. The molecule has 0 fully saturated rings. The monoisotopic (exact) mass is 304 g/mol. The van der Waals surface area contributed by atoms with E-state index in [1.54, 1.807) is 11.7 Å². The summed E-state index contributed by atoms with van der Waals surface area (Å²) in [6.07, 6.45) is 1.95. The van der Waals surface area contributed by atoms with Crippen molar-refractivity contribution in [3.05, 3.63) is 51.7 Å². The summed E-state index contributed by atoms with van der Waals surface area (Å²) in [5, 5.41) is 11.5. The van der Waals surface area contributed by atoms with Gasteiger partial charge in [-0.05, 0) is 18.2 Å². The Kier molecular flexibility index (Phi) is 5.43. The minimum atomic E-state index is -0.456. The normalized spacial score (nSPS) is 9.81. The Morgan fingerprint density at radius 2 is 2.33 bits per heavy atom. The summed E-state index contributed by atoms with van der Waals surface area (Å²) in [6.45, 7) is 0.291. The molecule has 0 saturated carbocycles. The summed E-state index contributed by atoms with van der Waals surface area (Å²) in [5.74, 6) is 4.62. The fourth-order valence-corrected chi connectivity index (χ4v) is 2.16. The van der Waals surface area contributed by atoms with Gasteiger partial charge < -0.3 is 10.4 Å². The first-order valence-corrected chi connectivity index (χ1v) is 7.13. The standard InChI is InChI=1S/C15H13FN2O2S/c16-12-4-5-14(11(7-12)3-1-2-6-19)15(20)18-9-13-8-17-10-21-13/h4-5,7-8,10,19H,2,6,9H2,(H,18,20). The van der Waals surface area contributed by atoms with E-state index in [1.165, 1.54) is 29.5 Å². The third kappa shape index (κ3) is 4.38. The Morgan fingerprint density at radius 3 is 3.05 bits per heavy atom. The van der Waals surface area contributed by atoms with Gasteiger partial charge in [0, 0.05) is 23.1 Å². The molecule has 2 rings (SSSR count). The van der Waals surface area contributed by atoms with Crippen LogP contribution in [-0.2, 0) is 6.54 Å². The number of carbonyl (C=O) groups is 1. The molecule has 1 aromatic carbocycles. The molecule has 0 saturated heterocycles. The van der Waals surface area contributed by atoms with E-state index in [2.05, 4.69) is 22.1 Å². The molecule has 0 radical (unpaired) electrons. The van der Waals surface area contributed by atoms with Crippen molar-refractivity contribution in [2.24, 2.45) is 0 Å². The highest BCUT2D eigenvalue weighted by Crippen LogP contribution is 2.11. The molecule has 0 aliphatic heterocycles. The van der Waals surface area contributed by atoms with Crippen LogP contribution in [0.4, 0.5) is 4.39 Å². The van der Waals surface area contributed by atoms with Crippen molar-refractivity contribution in [1.29, 1.82) is 0 Å². The van der Waals surface area contributed by atoms with Gasteiger partial charge in [-0.3, -0.25) is 9.78 Å². The smallest absolute Gasteiger partial charge is 0.252 e. The third-order valence-electron chi connectivity index (χ3n) is 2.59. The Balaban J connectivity index is 2.14. The topological polar surface area (TPSA) is 62.2 Å². The van der Waals surface area contributed by atoms with Crippen LogP contribution in [0.2, 0.25) is 0 Å². The molecule has 0 aliphatic rings. The van der Waals surface area contributed by atoms with E-state index in [-0.39, 0.29) is 18.9 Å². The molecule has 6 heteroatoms. The molecule has 1 aromatic heterocycles. The van der Waals surface area contributed by atoms with Crippen molar-refractivity contribution < 1.29 is 14.3 Å². The highest BCUT2D eigenvalue weighted by atomic mass is 32.1. The Morgan fingerprint density at radius 1 is 1.48 bits per heavy atom. The fourth-order valence-electron chi connectivity index (χ4n) is 1.62. The number of amides is 1. The number of benzene rings is 1. The predicted molar refractivity (Wildman–Crippen MR) is 78.3 cm³/mol. The summed E-state index contributed by atoms with van der Waals surface area (Å²) < 4.78 is 13.3. The highest BCUT2D eigenvalue weighted by molar-refractivity contribution is 7.09. The number of nitrogens with one attached hydrogen (secondary N) is 1. The second-order valence-corrected chi connectivity index (χ2v) is 5.09. The maximum absolute atomic E-state index is 13.3. The molecule has 0 unspecified atom stereocenters. The van der Waals surface area contributed by atoms with E-state index in [4.69, 9.17) is 5.11 Å². The van der Waals surface area contributed by atoms with Crippen LogP contribution in [0.25, 0.3) is 0 Å². The lowest BCUT2D eigenvalue weighted by Gasteiger charge is -2.06. The van der Waals surface area contributed by atoms with Gasteiger partial charge in [0.1, 0.15) is 5.82 Å². The number of rotatable bonds is 4. The Hall–Kier alpha value is -2.23. The lowest BCUT2D eigenvalue weighted by molar-refractivity contribution is 0.0951. The number of thiazole rings is 1. The number of aromatic nitrogens is 1. The van der Waals surface area contributed by atoms with E-state index in [0.717, 1.165) is 4.88 Å². The number of hydrogen-bond acceptors (Lipinski definition) is 4. The van der Waals surface area contributed by atoms with Crippen molar-refractivity contribution in [3.63, 3.8) is 0 Å². The average Bonchev–Trinajstić information content (AvgIpc) is 2.98. The number of hydrogen-bond donors (Lipinski definition) is 2. The van der Waals surface area contributed by atoms with Crippen molar-refractivity contribution in [3.8, 4) is 11.8 Å². The van der Waals surface area contributed by atoms with Crippen LogP contribution in [0, 0.1) is 17.7 Å². The van der Waals surface area contributed by atoms with Gasteiger partial charge >= 0.3 is 0 Å². The lowest BCUT2D eigenvalue weighted by atomic mass is 10.1. The van der Waals surface area contributed by atoms with Crippen LogP contribution in [0.15, 0.2) is 29.9 Å². The Bertz CT molecular complexity index is 675. The van der Waals surface area contributed by atoms with Gasteiger partial charge in [-0.1, -0.05) is 11.8 Å². The van der Waals surface area contributed by atoms with E-state index in [9.17, 15) is 9.18 Å². The zero-order valence-corrected chi connectivity index (χ0v) is 11.9. The number of halogens is 1. The van der Waals surface area contributed by atoms with Gasteiger partial charge in [0.15, 0.2) is 0 Å². The van der Waals surface area contributed by atoms with E-state index in [1.807, 2.05) is 0 Å². The van der Waals surface area contributed by atoms with Crippen LogP contribution in [-0.4, -0.2) is 22.6 Å². The lowest BCUT2D eigenvalue weighted by Crippen LogP contribution is -2.23. The zero-order chi connectivity index (χ0) is 15.1. The molecular weight excluding hydrogens is 291 g/mol. The maximum Gasteiger partial charge on any atom is 0.252 e. The first-order chi connectivity index (χ1) is 10.2. The second-order valence-electron chi connectivity index (χ2n) is 4.12. The first-order valence-electron chi connectivity index (χ1n) is 6.25. The van der Waals surface area contributed by atoms with Crippen molar-refractivity contribution in [2.45, 2.75) is 13.0 Å². The summed E-state index contributed by atoms with van der Waals surface area (Å²) in [4.78, 5) is 17.0. The van der Waals surface area contributed by atoms with Gasteiger partial charge in [0.25, 0.3) is 5.91 Å². The molecule has 21 heavy (non-hydrogen) atoms. The summed E-state index contributed by atoms with van der Waals surface area (Å²) in [7, 11) is 0. The fraction of sp³-hybridized carbons (Fsp3) is 0.200. The molecule has 0 bridgehead atoms. The molecule has 2 aromatic rings. The number of aliphatic hydroxyl groups excluding tert-OH is 1. The number of carbonyl (C=O) groups excluding carboxylic acids is 1. The second kappa shape index (κ2) is 7.53. The summed E-state index contributed by atoms with van der Waals surface area (Å²) >= 11 is 1.44. The summed E-state index contributed by atoms with van der Waals surface area (Å²) in [6, 6.07) is 3.84. The zero-order valence-electron chi connectivity index (χ0n) is 11.1. The van der Waals surface area contributed by atoms with Crippen molar-refractivity contribution in [1.82, 2.24) is 10.3 Å². The SMILES string of the molecule is O=C(NCc1cncs1)c1ccc(F)cc1C#CCCO. The van der Waals surface area contributed by atoms with Crippen molar-refractivity contribution in [2.75, 3.05) is 6.61 Å². The number of nitrogens with zero attached hydrogens (tertiary/aromatic N) is 1. The minimum Gasteiger partial charge on any atom is -0.395 e. The minimum absolute atomic E-state index is 0.0742. The van der Waals surface area contributed by atoms with Gasteiger partial charge in [0.05, 0.1) is 24.2 Å². The van der Waals surface area contributed by atoms with Crippen LogP contribution in [0.3, 0.4) is 0 Å². The van der Waals surface area contributed by atoms with Crippen LogP contribution in [0.1, 0.15) is 27.2 Å². The van der Waals surface area contributed by atoms with Gasteiger partial charge in [-0.2, -0.15) is 0 Å². The van der Waals surface area contributed by atoms with E-state index >= 15 is 0 Å². The molecule has 0 spiro atoms. The third-order valence-corrected chi connectivity index (χ3v) is 3.37. The molecule has 1 amide bonds. The molecule has 0 aliphatic carbocycles. The van der Waals surface area contributed by atoms with Crippen molar-refractivity contribution >= 4 is 17.2 Å². The Labute approximate surface area is 125 Å². The maximum atomic E-state index is 13.3. The van der Waals surface area contributed by atoms with E-state index < -0.39 is 5.82 Å². The highest BCUT2D eigenvalue weighted by Gasteiger charge is 2.11. The molecular formula is C15H13FN2O2S. The van der Waals surface area contributed by atoms with Crippen LogP contribution < -0.4 is 5.32 Å². The molecule has 4 nitrogen and oxygen atoms in total. The first kappa shape index (κ1) is 15.2.